The highest BCUT2D eigenvalue weighted by atomic mass is 16.6. The minimum atomic E-state index is -0.973. The fraction of sp³-hybridized carbons (Fsp3) is 0.188. The van der Waals surface area contributed by atoms with Crippen molar-refractivity contribution in [3.63, 3.8) is 0 Å². The van der Waals surface area contributed by atoms with Crippen LogP contribution in [0.4, 0.5) is 5.69 Å². The predicted octanol–water partition coefficient (Wildman–Crippen LogP) is 3.21. The van der Waals surface area contributed by atoms with Crippen LogP contribution in [0.3, 0.4) is 0 Å². The largest absolute Gasteiger partial charge is 0.388 e. The molecule has 5 nitrogen and oxygen atoms in total. The van der Waals surface area contributed by atoms with Crippen LogP contribution in [-0.2, 0) is 0 Å². The lowest BCUT2D eigenvalue weighted by Crippen LogP contribution is -2.07. The molecule has 0 radical (unpaired) electrons. The molecule has 0 saturated carbocycles. The lowest BCUT2D eigenvalue weighted by Gasteiger charge is -2.10. The third-order valence-electron chi connectivity index (χ3n) is 3.24. The molecule has 1 atom stereocenters. The van der Waals surface area contributed by atoms with Gasteiger partial charge in [0.25, 0.3) is 5.69 Å². The van der Waals surface area contributed by atoms with E-state index in [1.165, 1.54) is 24.3 Å². The second-order valence-corrected chi connectivity index (χ2v) is 4.86. The Hall–Kier alpha value is -2.53. The number of Topliss-reactive ketones (excluding diaryl/α,β-unsaturated/α-hetero) is 1. The summed E-state index contributed by atoms with van der Waals surface area (Å²) in [6, 6.07) is 12.7. The van der Waals surface area contributed by atoms with Crippen LogP contribution in [0, 0.1) is 17.0 Å². The minimum Gasteiger partial charge on any atom is -0.388 e. The van der Waals surface area contributed by atoms with Crippen molar-refractivity contribution in [2.45, 2.75) is 19.4 Å². The maximum atomic E-state index is 12.0. The highest BCUT2D eigenvalue weighted by Crippen LogP contribution is 2.22. The Kier molecular flexibility index (Phi) is 4.45. The number of hydrogen-bond acceptors (Lipinski definition) is 4. The van der Waals surface area contributed by atoms with Crippen molar-refractivity contribution < 1.29 is 14.8 Å². The number of nitro benzene ring substituents is 1. The Morgan fingerprint density at radius 2 is 1.71 bits per heavy atom. The molecule has 0 aliphatic carbocycles. The summed E-state index contributed by atoms with van der Waals surface area (Å²) in [7, 11) is 0. The van der Waals surface area contributed by atoms with Gasteiger partial charge in [-0.25, -0.2) is 0 Å². The van der Waals surface area contributed by atoms with Crippen LogP contribution in [0.25, 0.3) is 0 Å². The van der Waals surface area contributed by atoms with E-state index in [2.05, 4.69) is 0 Å². The number of carbonyl (C=O) groups excluding carboxylic acids is 1. The first-order valence-corrected chi connectivity index (χ1v) is 6.49. The second-order valence-electron chi connectivity index (χ2n) is 4.86. The van der Waals surface area contributed by atoms with E-state index < -0.39 is 11.0 Å². The summed E-state index contributed by atoms with van der Waals surface area (Å²) in [5.41, 5.74) is 2.04. The van der Waals surface area contributed by atoms with E-state index in [1.807, 2.05) is 19.1 Å². The summed E-state index contributed by atoms with van der Waals surface area (Å²) in [4.78, 5) is 22.1. The van der Waals surface area contributed by atoms with Crippen molar-refractivity contribution in [3.05, 3.63) is 75.3 Å². The molecule has 1 N–H and O–H groups in total. The number of rotatable bonds is 5. The molecule has 0 fully saturated rings. The number of aliphatic hydroxyl groups excluding tert-OH is 1. The van der Waals surface area contributed by atoms with Gasteiger partial charge in [-0.15, -0.1) is 0 Å². The van der Waals surface area contributed by atoms with Crippen LogP contribution in [0.1, 0.15) is 34.0 Å². The maximum Gasteiger partial charge on any atom is 0.269 e. The number of benzene rings is 2. The van der Waals surface area contributed by atoms with Gasteiger partial charge in [0, 0.05) is 24.1 Å². The van der Waals surface area contributed by atoms with Crippen molar-refractivity contribution in [1.82, 2.24) is 0 Å². The van der Waals surface area contributed by atoms with Gasteiger partial charge in [0.1, 0.15) is 0 Å². The summed E-state index contributed by atoms with van der Waals surface area (Å²) in [5.74, 6) is -0.166. The molecule has 21 heavy (non-hydrogen) atoms. The molecule has 2 aromatic carbocycles. The van der Waals surface area contributed by atoms with E-state index in [9.17, 15) is 20.0 Å². The zero-order valence-corrected chi connectivity index (χ0v) is 11.5. The molecule has 0 aromatic heterocycles. The molecule has 0 heterocycles. The Morgan fingerprint density at radius 3 is 2.24 bits per heavy atom. The fourth-order valence-corrected chi connectivity index (χ4v) is 1.97. The van der Waals surface area contributed by atoms with Crippen molar-refractivity contribution in [2.75, 3.05) is 0 Å². The molecule has 0 aliphatic heterocycles. The number of carbonyl (C=O) groups is 1. The summed E-state index contributed by atoms with van der Waals surface area (Å²) in [5, 5.41) is 20.6. The van der Waals surface area contributed by atoms with Crippen molar-refractivity contribution >= 4 is 11.5 Å². The van der Waals surface area contributed by atoms with Gasteiger partial charge >= 0.3 is 0 Å². The Bertz CT molecular complexity index is 647. The zero-order chi connectivity index (χ0) is 15.4. The van der Waals surface area contributed by atoms with Crippen LogP contribution in [0.15, 0.2) is 48.5 Å². The van der Waals surface area contributed by atoms with Crippen molar-refractivity contribution in [2.24, 2.45) is 0 Å². The molecule has 0 unspecified atom stereocenters. The van der Waals surface area contributed by atoms with Gasteiger partial charge in [0.15, 0.2) is 5.78 Å². The Morgan fingerprint density at radius 1 is 1.14 bits per heavy atom. The lowest BCUT2D eigenvalue weighted by atomic mass is 9.99. The van der Waals surface area contributed by atoms with E-state index in [0.29, 0.717) is 11.1 Å². The van der Waals surface area contributed by atoms with Gasteiger partial charge in [-0.2, -0.15) is 0 Å². The third kappa shape index (κ3) is 3.73. The normalized spacial score (nSPS) is 11.9. The summed E-state index contributed by atoms with van der Waals surface area (Å²) < 4.78 is 0. The van der Waals surface area contributed by atoms with Gasteiger partial charge in [-0.05, 0) is 24.6 Å². The SMILES string of the molecule is Cc1ccc(C(=O)C[C@@H](O)c2ccc([N+](=O)[O-])cc2)cc1. The maximum absolute atomic E-state index is 12.0. The Labute approximate surface area is 122 Å². The average Bonchev–Trinajstić information content (AvgIpc) is 2.47. The molecule has 2 aromatic rings. The topological polar surface area (TPSA) is 80.4 Å². The number of non-ortho nitro benzene ring substituents is 1. The van der Waals surface area contributed by atoms with E-state index in [-0.39, 0.29) is 17.9 Å². The molecule has 0 saturated heterocycles. The monoisotopic (exact) mass is 285 g/mol. The van der Waals surface area contributed by atoms with Crippen LogP contribution in [0.2, 0.25) is 0 Å². The molecule has 0 bridgehead atoms. The highest BCUT2D eigenvalue weighted by molar-refractivity contribution is 5.96. The fourth-order valence-electron chi connectivity index (χ4n) is 1.97. The minimum absolute atomic E-state index is 0.0455. The summed E-state index contributed by atoms with van der Waals surface area (Å²) >= 11 is 0. The summed E-state index contributed by atoms with van der Waals surface area (Å²) in [6.45, 7) is 1.93. The van der Waals surface area contributed by atoms with E-state index in [4.69, 9.17) is 0 Å². The van der Waals surface area contributed by atoms with Gasteiger partial charge in [-0.3, -0.25) is 14.9 Å². The number of ketones is 1. The quantitative estimate of drug-likeness (QED) is 0.519. The van der Waals surface area contributed by atoms with Gasteiger partial charge in [0.05, 0.1) is 11.0 Å². The van der Waals surface area contributed by atoms with Crippen molar-refractivity contribution in [3.8, 4) is 0 Å². The van der Waals surface area contributed by atoms with Crippen molar-refractivity contribution in [1.29, 1.82) is 0 Å². The molecule has 2 rings (SSSR count). The second kappa shape index (κ2) is 6.28. The summed E-state index contributed by atoms with van der Waals surface area (Å²) in [6.07, 6.45) is -1.03. The van der Waals surface area contributed by atoms with Crippen LogP contribution in [0.5, 0.6) is 0 Å². The van der Waals surface area contributed by atoms with E-state index >= 15 is 0 Å². The van der Waals surface area contributed by atoms with E-state index in [1.54, 1.807) is 12.1 Å². The zero-order valence-electron chi connectivity index (χ0n) is 11.5. The number of nitro groups is 1. The molecular weight excluding hydrogens is 270 g/mol. The standard InChI is InChI=1S/C16H15NO4/c1-11-2-4-12(5-3-11)15(18)10-16(19)13-6-8-14(9-7-13)17(20)21/h2-9,16,19H,10H2,1H3/t16-/m1/s1. The molecule has 0 amide bonds. The number of aliphatic hydroxyl groups is 1. The lowest BCUT2D eigenvalue weighted by molar-refractivity contribution is -0.384. The highest BCUT2D eigenvalue weighted by Gasteiger charge is 2.15. The van der Waals surface area contributed by atoms with Crippen LogP contribution < -0.4 is 0 Å². The average molecular weight is 285 g/mol. The number of nitrogens with zero attached hydrogens (tertiary/aromatic N) is 1. The number of aryl methyl sites for hydroxylation is 1. The first-order valence-electron chi connectivity index (χ1n) is 6.49. The number of hydrogen-bond donors (Lipinski definition) is 1. The van der Waals surface area contributed by atoms with Crippen LogP contribution in [-0.4, -0.2) is 15.8 Å². The Balaban J connectivity index is 2.06. The third-order valence-corrected chi connectivity index (χ3v) is 3.24. The molecule has 0 spiro atoms. The van der Waals surface area contributed by atoms with E-state index in [0.717, 1.165) is 5.56 Å². The van der Waals surface area contributed by atoms with Gasteiger partial charge in [0.2, 0.25) is 0 Å². The van der Waals surface area contributed by atoms with Gasteiger partial charge < -0.3 is 5.11 Å². The molecule has 108 valence electrons. The van der Waals surface area contributed by atoms with Crippen LogP contribution >= 0.6 is 0 Å². The van der Waals surface area contributed by atoms with Gasteiger partial charge in [-0.1, -0.05) is 29.8 Å². The molecular formula is C16H15NO4. The smallest absolute Gasteiger partial charge is 0.269 e. The first-order chi connectivity index (χ1) is 9.97. The predicted molar refractivity (Wildman–Crippen MR) is 78.2 cm³/mol. The molecule has 5 heteroatoms. The molecule has 0 aliphatic rings. The first kappa shape index (κ1) is 14.9.